The lowest BCUT2D eigenvalue weighted by Crippen LogP contribution is -2.41. The second kappa shape index (κ2) is 7.13. The SMILES string of the molecule is CCC(NC(=O)Cc1csc(-c2cccc(F)c2)n1)C(=O)O. The fourth-order valence-electron chi connectivity index (χ4n) is 1.89. The largest absolute Gasteiger partial charge is 0.480 e. The Morgan fingerprint density at radius 2 is 2.23 bits per heavy atom. The van der Waals surface area contributed by atoms with E-state index in [1.165, 1.54) is 23.5 Å². The zero-order chi connectivity index (χ0) is 16.1. The first-order chi connectivity index (χ1) is 10.5. The van der Waals surface area contributed by atoms with E-state index in [2.05, 4.69) is 10.3 Å². The molecule has 2 rings (SSSR count). The van der Waals surface area contributed by atoms with E-state index < -0.39 is 17.9 Å². The van der Waals surface area contributed by atoms with Gasteiger partial charge in [-0.2, -0.15) is 0 Å². The third kappa shape index (κ3) is 4.11. The van der Waals surface area contributed by atoms with Crippen molar-refractivity contribution in [1.82, 2.24) is 10.3 Å². The number of nitrogens with one attached hydrogen (secondary N) is 1. The number of hydrogen-bond acceptors (Lipinski definition) is 4. The number of carboxylic acids is 1. The van der Waals surface area contributed by atoms with E-state index in [-0.39, 0.29) is 12.2 Å². The molecular weight excluding hydrogens is 307 g/mol. The summed E-state index contributed by atoms with van der Waals surface area (Å²) >= 11 is 1.31. The fraction of sp³-hybridized carbons (Fsp3) is 0.267. The van der Waals surface area contributed by atoms with E-state index in [0.29, 0.717) is 22.7 Å². The molecule has 1 heterocycles. The molecule has 1 aromatic heterocycles. The van der Waals surface area contributed by atoms with Crippen molar-refractivity contribution in [3.63, 3.8) is 0 Å². The number of nitrogens with zero attached hydrogens (tertiary/aromatic N) is 1. The molecule has 0 radical (unpaired) electrons. The van der Waals surface area contributed by atoms with Crippen LogP contribution in [0.5, 0.6) is 0 Å². The Balaban J connectivity index is 2.03. The van der Waals surface area contributed by atoms with Crippen molar-refractivity contribution in [2.24, 2.45) is 0 Å². The van der Waals surface area contributed by atoms with Crippen LogP contribution in [0.3, 0.4) is 0 Å². The van der Waals surface area contributed by atoms with E-state index in [9.17, 15) is 14.0 Å². The van der Waals surface area contributed by atoms with Crippen LogP contribution < -0.4 is 5.32 Å². The van der Waals surface area contributed by atoms with Crippen LogP contribution in [0.25, 0.3) is 10.6 Å². The number of benzene rings is 1. The molecule has 0 aliphatic heterocycles. The minimum atomic E-state index is -1.06. The first kappa shape index (κ1) is 16.1. The number of thiazole rings is 1. The number of halogens is 1. The van der Waals surface area contributed by atoms with E-state index >= 15 is 0 Å². The number of aromatic nitrogens is 1. The molecule has 1 aromatic carbocycles. The van der Waals surface area contributed by atoms with Gasteiger partial charge >= 0.3 is 5.97 Å². The average molecular weight is 322 g/mol. The van der Waals surface area contributed by atoms with Crippen molar-refractivity contribution in [2.75, 3.05) is 0 Å². The molecule has 2 N–H and O–H groups in total. The van der Waals surface area contributed by atoms with E-state index in [1.807, 2.05) is 0 Å². The summed E-state index contributed by atoms with van der Waals surface area (Å²) in [4.78, 5) is 27.0. The molecule has 1 atom stereocenters. The van der Waals surface area contributed by atoms with Crippen LogP contribution in [0.1, 0.15) is 19.0 Å². The molecule has 5 nitrogen and oxygen atoms in total. The van der Waals surface area contributed by atoms with Crippen LogP contribution >= 0.6 is 11.3 Å². The Hall–Kier alpha value is -2.28. The summed E-state index contributed by atoms with van der Waals surface area (Å²) < 4.78 is 13.2. The zero-order valence-corrected chi connectivity index (χ0v) is 12.7. The van der Waals surface area contributed by atoms with Crippen LogP contribution in [-0.4, -0.2) is 28.0 Å². The quantitative estimate of drug-likeness (QED) is 0.856. The van der Waals surface area contributed by atoms with Gasteiger partial charge in [-0.15, -0.1) is 11.3 Å². The maximum atomic E-state index is 13.2. The van der Waals surface area contributed by atoms with Gasteiger partial charge in [0.15, 0.2) is 0 Å². The van der Waals surface area contributed by atoms with Crippen LogP contribution in [0.15, 0.2) is 29.6 Å². The van der Waals surface area contributed by atoms with Crippen molar-refractivity contribution in [3.05, 3.63) is 41.2 Å². The molecule has 0 bridgehead atoms. The maximum Gasteiger partial charge on any atom is 0.326 e. The molecule has 116 valence electrons. The summed E-state index contributed by atoms with van der Waals surface area (Å²) in [5.41, 5.74) is 1.18. The summed E-state index contributed by atoms with van der Waals surface area (Å²) in [5, 5.41) is 13.7. The van der Waals surface area contributed by atoms with Gasteiger partial charge in [-0.25, -0.2) is 14.2 Å². The molecule has 0 saturated heterocycles. The molecule has 0 spiro atoms. The number of carbonyl (C=O) groups is 2. The molecule has 1 amide bonds. The molecular formula is C15H15FN2O3S. The number of carbonyl (C=O) groups excluding carboxylic acids is 1. The monoisotopic (exact) mass is 322 g/mol. The highest BCUT2D eigenvalue weighted by atomic mass is 32.1. The van der Waals surface area contributed by atoms with Gasteiger partial charge in [0.1, 0.15) is 16.9 Å². The second-order valence-electron chi connectivity index (χ2n) is 4.70. The van der Waals surface area contributed by atoms with Crippen LogP contribution in [0, 0.1) is 5.82 Å². The summed E-state index contributed by atoms with van der Waals surface area (Å²) in [6.45, 7) is 1.68. The normalized spacial score (nSPS) is 11.9. The highest BCUT2D eigenvalue weighted by Crippen LogP contribution is 2.24. The van der Waals surface area contributed by atoms with Gasteiger partial charge in [-0.3, -0.25) is 4.79 Å². The lowest BCUT2D eigenvalue weighted by atomic mass is 10.2. The van der Waals surface area contributed by atoms with Gasteiger partial charge in [0, 0.05) is 10.9 Å². The minimum Gasteiger partial charge on any atom is -0.480 e. The van der Waals surface area contributed by atoms with Gasteiger partial charge in [-0.05, 0) is 18.6 Å². The van der Waals surface area contributed by atoms with Crippen molar-refractivity contribution in [3.8, 4) is 10.6 Å². The number of aliphatic carboxylic acids is 1. The van der Waals surface area contributed by atoms with Gasteiger partial charge in [0.05, 0.1) is 12.1 Å². The number of hydrogen-bond donors (Lipinski definition) is 2. The predicted octanol–water partition coefficient (Wildman–Crippen LogP) is 2.47. The zero-order valence-electron chi connectivity index (χ0n) is 11.9. The number of rotatable bonds is 6. The Morgan fingerprint density at radius 1 is 1.45 bits per heavy atom. The van der Waals surface area contributed by atoms with Crippen molar-refractivity contribution >= 4 is 23.2 Å². The molecule has 0 saturated carbocycles. The smallest absolute Gasteiger partial charge is 0.326 e. The highest BCUT2D eigenvalue weighted by Gasteiger charge is 2.18. The summed E-state index contributed by atoms with van der Waals surface area (Å²) in [6.07, 6.45) is 0.308. The third-order valence-corrected chi connectivity index (χ3v) is 3.95. The average Bonchev–Trinajstić information content (AvgIpc) is 2.93. The van der Waals surface area contributed by atoms with E-state index in [4.69, 9.17) is 5.11 Å². The van der Waals surface area contributed by atoms with Crippen molar-refractivity contribution in [1.29, 1.82) is 0 Å². The first-order valence-electron chi connectivity index (χ1n) is 6.72. The molecule has 0 aliphatic rings. The second-order valence-corrected chi connectivity index (χ2v) is 5.56. The summed E-state index contributed by atoms with van der Waals surface area (Å²) in [7, 11) is 0. The standard InChI is InChI=1S/C15H15FN2O3S/c1-2-12(15(20)21)18-13(19)7-11-8-22-14(17-11)9-4-3-5-10(16)6-9/h3-6,8,12H,2,7H2,1H3,(H,18,19)(H,20,21). The molecule has 0 fully saturated rings. The maximum absolute atomic E-state index is 13.2. The van der Waals surface area contributed by atoms with Gasteiger partial charge < -0.3 is 10.4 Å². The molecule has 2 aromatic rings. The van der Waals surface area contributed by atoms with E-state index in [1.54, 1.807) is 24.4 Å². The Labute approximate surface area is 130 Å². The van der Waals surface area contributed by atoms with E-state index in [0.717, 1.165) is 0 Å². The minimum absolute atomic E-state index is 0.00437. The van der Waals surface area contributed by atoms with Crippen LogP contribution in [-0.2, 0) is 16.0 Å². The lowest BCUT2D eigenvalue weighted by molar-refractivity contribution is -0.141. The molecule has 7 heteroatoms. The Kier molecular flexibility index (Phi) is 5.21. The third-order valence-electron chi connectivity index (χ3n) is 3.01. The lowest BCUT2D eigenvalue weighted by Gasteiger charge is -2.11. The highest BCUT2D eigenvalue weighted by molar-refractivity contribution is 7.13. The predicted molar refractivity (Wildman–Crippen MR) is 81.1 cm³/mol. The van der Waals surface area contributed by atoms with Gasteiger partial charge in [0.25, 0.3) is 0 Å². The molecule has 1 unspecified atom stereocenters. The molecule has 0 aliphatic carbocycles. The number of carboxylic acid groups (broad SMARTS) is 1. The van der Waals surface area contributed by atoms with Crippen molar-refractivity contribution in [2.45, 2.75) is 25.8 Å². The fourth-order valence-corrected chi connectivity index (χ4v) is 2.71. The van der Waals surface area contributed by atoms with Gasteiger partial charge in [0.2, 0.25) is 5.91 Å². The number of amides is 1. The summed E-state index contributed by atoms with van der Waals surface area (Å²) in [5.74, 6) is -1.81. The Morgan fingerprint density at radius 3 is 2.86 bits per heavy atom. The van der Waals surface area contributed by atoms with Crippen LogP contribution in [0.4, 0.5) is 4.39 Å². The summed E-state index contributed by atoms with van der Waals surface area (Å²) in [6, 6.07) is 5.16. The Bertz CT molecular complexity index is 687. The topological polar surface area (TPSA) is 79.3 Å². The molecule has 22 heavy (non-hydrogen) atoms. The van der Waals surface area contributed by atoms with Crippen molar-refractivity contribution < 1.29 is 19.1 Å². The van der Waals surface area contributed by atoms with Crippen LogP contribution in [0.2, 0.25) is 0 Å². The van der Waals surface area contributed by atoms with Gasteiger partial charge in [-0.1, -0.05) is 19.1 Å². The first-order valence-corrected chi connectivity index (χ1v) is 7.60.